The van der Waals surface area contributed by atoms with E-state index >= 15 is 0 Å². The summed E-state index contributed by atoms with van der Waals surface area (Å²) in [6.07, 6.45) is 8.35. The first-order chi connectivity index (χ1) is 13.9. The summed E-state index contributed by atoms with van der Waals surface area (Å²) in [5.74, 6) is -0.0388. The van der Waals surface area contributed by atoms with Crippen molar-refractivity contribution in [2.24, 2.45) is 4.99 Å². The van der Waals surface area contributed by atoms with Crippen LogP contribution in [0.25, 0.3) is 0 Å². The number of nitrogens with one attached hydrogen (secondary N) is 1. The van der Waals surface area contributed by atoms with Crippen molar-refractivity contribution in [3.05, 3.63) is 62.1 Å². The maximum Gasteiger partial charge on any atom is 0.266 e. The van der Waals surface area contributed by atoms with Crippen molar-refractivity contribution < 1.29 is 4.79 Å². The van der Waals surface area contributed by atoms with Gasteiger partial charge in [-0.25, -0.2) is 0 Å². The van der Waals surface area contributed by atoms with E-state index in [1.165, 1.54) is 19.3 Å². The van der Waals surface area contributed by atoms with E-state index in [0.717, 1.165) is 29.5 Å². The fourth-order valence-electron chi connectivity index (χ4n) is 4.07. The molecule has 0 saturated heterocycles. The number of pyridine rings is 2. The molecule has 0 unspecified atom stereocenters. The summed E-state index contributed by atoms with van der Waals surface area (Å²) < 4.78 is 1.64. The van der Waals surface area contributed by atoms with Crippen molar-refractivity contribution in [2.75, 3.05) is 0 Å². The van der Waals surface area contributed by atoms with Gasteiger partial charge < -0.3 is 4.98 Å². The first kappa shape index (κ1) is 20.8. The average Bonchev–Trinajstić information content (AvgIpc) is 2.68. The molecule has 0 bridgehead atoms. The number of rotatable bonds is 4. The first-order valence-electron chi connectivity index (χ1n) is 10.3. The van der Waals surface area contributed by atoms with Crippen molar-refractivity contribution in [1.82, 2.24) is 9.55 Å². The van der Waals surface area contributed by atoms with Crippen LogP contribution in [0.1, 0.15) is 71.3 Å². The SMILES string of the molecule is Cc1ccn(C(=O)CCc2c(C)[nH]c(=O)c(C#N)c2C)c(=NC2CCCCC2)c1. The standard InChI is InChI=1S/C23H28N4O2/c1-15-11-12-27(21(13-15)26-18-7-5-4-6-8-18)22(28)10-9-19-16(2)20(14-24)23(29)25-17(19)3/h11-13,18H,4-10H2,1-3H3,(H,25,29). The van der Waals surface area contributed by atoms with Crippen LogP contribution in [-0.4, -0.2) is 21.5 Å². The molecule has 152 valence electrons. The predicted octanol–water partition coefficient (Wildman–Crippen LogP) is 3.48. The fraction of sp³-hybridized carbons (Fsp3) is 0.478. The minimum absolute atomic E-state index is 0.0388. The van der Waals surface area contributed by atoms with Crippen LogP contribution in [0.3, 0.4) is 0 Å². The van der Waals surface area contributed by atoms with E-state index in [1.807, 2.05) is 25.1 Å². The van der Waals surface area contributed by atoms with Crippen LogP contribution >= 0.6 is 0 Å². The Balaban J connectivity index is 1.87. The molecule has 6 nitrogen and oxygen atoms in total. The van der Waals surface area contributed by atoms with Crippen LogP contribution in [-0.2, 0) is 6.42 Å². The van der Waals surface area contributed by atoms with E-state index in [2.05, 4.69) is 4.98 Å². The third kappa shape index (κ3) is 4.73. The number of carbonyl (C=O) groups is 1. The number of carbonyl (C=O) groups excluding carboxylic acids is 1. The monoisotopic (exact) mass is 392 g/mol. The van der Waals surface area contributed by atoms with E-state index in [9.17, 15) is 14.9 Å². The van der Waals surface area contributed by atoms with Gasteiger partial charge in [0.15, 0.2) is 0 Å². The largest absolute Gasteiger partial charge is 0.325 e. The van der Waals surface area contributed by atoms with Gasteiger partial charge in [-0.15, -0.1) is 0 Å². The van der Waals surface area contributed by atoms with Gasteiger partial charge >= 0.3 is 0 Å². The topological polar surface area (TPSA) is 91.0 Å². The minimum atomic E-state index is -0.376. The van der Waals surface area contributed by atoms with Gasteiger partial charge in [-0.05, 0) is 68.9 Å². The molecule has 0 atom stereocenters. The van der Waals surface area contributed by atoms with Gasteiger partial charge in [0.05, 0.1) is 6.04 Å². The van der Waals surface area contributed by atoms with Crippen molar-refractivity contribution in [3.8, 4) is 6.07 Å². The summed E-state index contributed by atoms with van der Waals surface area (Å²) in [6.45, 7) is 5.58. The Hall–Kier alpha value is -2.94. The number of hydrogen-bond donors (Lipinski definition) is 1. The van der Waals surface area contributed by atoms with Gasteiger partial charge in [0.25, 0.3) is 5.56 Å². The predicted molar refractivity (Wildman–Crippen MR) is 112 cm³/mol. The molecule has 0 spiro atoms. The summed E-state index contributed by atoms with van der Waals surface area (Å²) in [7, 11) is 0. The van der Waals surface area contributed by atoms with Crippen LogP contribution in [0, 0.1) is 32.1 Å². The number of aromatic amines is 1. The summed E-state index contributed by atoms with van der Waals surface area (Å²) in [4.78, 5) is 32.5. The first-order valence-corrected chi connectivity index (χ1v) is 10.3. The zero-order chi connectivity index (χ0) is 21.0. The Morgan fingerprint density at radius 1 is 1.28 bits per heavy atom. The Morgan fingerprint density at radius 3 is 2.69 bits per heavy atom. The molecule has 0 aromatic carbocycles. The van der Waals surface area contributed by atoms with Gasteiger partial charge in [-0.1, -0.05) is 19.3 Å². The second-order valence-corrected chi connectivity index (χ2v) is 7.92. The van der Waals surface area contributed by atoms with Crippen molar-refractivity contribution >= 4 is 5.91 Å². The lowest BCUT2D eigenvalue weighted by Crippen LogP contribution is -2.29. The molecule has 1 N–H and O–H groups in total. The highest BCUT2D eigenvalue weighted by Crippen LogP contribution is 2.20. The molecule has 2 aromatic rings. The molecule has 2 aromatic heterocycles. The lowest BCUT2D eigenvalue weighted by atomic mass is 9.96. The van der Waals surface area contributed by atoms with E-state index in [1.54, 1.807) is 24.6 Å². The summed E-state index contributed by atoms with van der Waals surface area (Å²) in [6, 6.07) is 6.13. The van der Waals surface area contributed by atoms with Crippen LogP contribution in [0.5, 0.6) is 0 Å². The number of aryl methyl sites for hydroxylation is 2. The molecule has 1 saturated carbocycles. The quantitative estimate of drug-likeness (QED) is 0.863. The zero-order valence-corrected chi connectivity index (χ0v) is 17.4. The molecule has 0 radical (unpaired) electrons. The Kier molecular flexibility index (Phi) is 6.48. The molecule has 1 aliphatic rings. The molecule has 1 fully saturated rings. The van der Waals surface area contributed by atoms with Crippen LogP contribution < -0.4 is 11.0 Å². The molecule has 2 heterocycles. The van der Waals surface area contributed by atoms with Gasteiger partial charge in [0.1, 0.15) is 17.1 Å². The van der Waals surface area contributed by atoms with Crippen LogP contribution in [0.15, 0.2) is 28.1 Å². The summed E-state index contributed by atoms with van der Waals surface area (Å²) in [5, 5.41) is 9.23. The number of hydrogen-bond acceptors (Lipinski definition) is 4. The van der Waals surface area contributed by atoms with E-state index in [-0.39, 0.29) is 29.5 Å². The number of aromatic nitrogens is 2. The number of nitriles is 1. The van der Waals surface area contributed by atoms with Gasteiger partial charge in [-0.2, -0.15) is 5.26 Å². The van der Waals surface area contributed by atoms with Crippen molar-refractivity contribution in [3.63, 3.8) is 0 Å². The normalized spacial score (nSPS) is 15.3. The van der Waals surface area contributed by atoms with Crippen LogP contribution in [0.4, 0.5) is 0 Å². The third-order valence-corrected chi connectivity index (χ3v) is 5.76. The minimum Gasteiger partial charge on any atom is -0.325 e. The van der Waals surface area contributed by atoms with Crippen LogP contribution in [0.2, 0.25) is 0 Å². The molecule has 6 heteroatoms. The molecule has 0 amide bonds. The fourth-order valence-corrected chi connectivity index (χ4v) is 4.07. The van der Waals surface area contributed by atoms with Gasteiger partial charge in [0.2, 0.25) is 5.91 Å². The smallest absolute Gasteiger partial charge is 0.266 e. The lowest BCUT2D eigenvalue weighted by molar-refractivity contribution is 0.0897. The highest BCUT2D eigenvalue weighted by Gasteiger charge is 2.16. The average molecular weight is 393 g/mol. The maximum absolute atomic E-state index is 13.0. The molecule has 29 heavy (non-hydrogen) atoms. The molecule has 3 rings (SSSR count). The van der Waals surface area contributed by atoms with Crippen molar-refractivity contribution in [2.45, 2.75) is 71.8 Å². The Bertz CT molecular complexity index is 1080. The maximum atomic E-state index is 13.0. The van der Waals surface area contributed by atoms with E-state index in [4.69, 9.17) is 4.99 Å². The molecule has 1 aliphatic carbocycles. The number of H-pyrrole nitrogens is 1. The van der Waals surface area contributed by atoms with Gasteiger partial charge in [-0.3, -0.25) is 19.1 Å². The second-order valence-electron chi connectivity index (χ2n) is 7.92. The van der Waals surface area contributed by atoms with Gasteiger partial charge in [0, 0.05) is 18.3 Å². The number of nitrogens with zero attached hydrogens (tertiary/aromatic N) is 3. The highest BCUT2D eigenvalue weighted by molar-refractivity contribution is 5.79. The molecular weight excluding hydrogens is 364 g/mol. The lowest BCUT2D eigenvalue weighted by Gasteiger charge is -2.18. The molecule has 0 aliphatic heterocycles. The zero-order valence-electron chi connectivity index (χ0n) is 17.4. The Labute approximate surface area is 170 Å². The van der Waals surface area contributed by atoms with Crippen molar-refractivity contribution in [1.29, 1.82) is 5.26 Å². The summed E-state index contributed by atoms with van der Waals surface area (Å²) >= 11 is 0. The van der Waals surface area contributed by atoms with E-state index in [0.29, 0.717) is 17.7 Å². The highest BCUT2D eigenvalue weighted by atomic mass is 16.2. The molecular formula is C23H28N4O2. The summed E-state index contributed by atoms with van der Waals surface area (Å²) in [5.41, 5.74) is 3.76. The van der Waals surface area contributed by atoms with E-state index < -0.39 is 0 Å². The second kappa shape index (κ2) is 9.04. The third-order valence-electron chi connectivity index (χ3n) is 5.76. The Morgan fingerprint density at radius 2 is 2.00 bits per heavy atom.